The summed E-state index contributed by atoms with van der Waals surface area (Å²) in [6.07, 6.45) is 5.19. The molecule has 1 fully saturated rings. The Kier molecular flexibility index (Phi) is 9.37. The van der Waals surface area contributed by atoms with Crippen LogP contribution in [0.1, 0.15) is 36.9 Å². The van der Waals surface area contributed by atoms with Gasteiger partial charge in [-0.25, -0.2) is 4.98 Å². The highest BCUT2D eigenvalue weighted by atomic mass is 79.9. The predicted molar refractivity (Wildman–Crippen MR) is 103 cm³/mol. The first-order valence-electron chi connectivity index (χ1n) is 7.88. The number of hydrogen-bond acceptors (Lipinski definition) is 5. The molecule has 7 N–H and O–H groups in total. The smallest absolute Gasteiger partial charge is 0.228 e. The number of aromatic nitrogens is 3. The van der Waals surface area contributed by atoms with Crippen LogP contribution in [0.15, 0.2) is 12.3 Å². The van der Waals surface area contributed by atoms with Gasteiger partial charge in [0.05, 0.1) is 6.20 Å². The summed E-state index contributed by atoms with van der Waals surface area (Å²) in [5, 5.41) is 16.2. The normalized spacial score (nSPS) is 18.7. The Morgan fingerprint density at radius 1 is 1.38 bits per heavy atom. The number of aryl methyl sites for hydroxylation is 1. The highest BCUT2D eigenvalue weighted by Crippen LogP contribution is 2.29. The number of nitrogens with one attached hydrogen (secondary N) is 1. The highest BCUT2D eigenvalue weighted by Gasteiger charge is 2.26. The lowest BCUT2D eigenvalue weighted by atomic mass is 9.81. The van der Waals surface area contributed by atoms with Crippen molar-refractivity contribution in [3.05, 3.63) is 23.5 Å². The van der Waals surface area contributed by atoms with Crippen LogP contribution in [0.5, 0.6) is 0 Å². The summed E-state index contributed by atoms with van der Waals surface area (Å²) < 4.78 is 1.51. The van der Waals surface area contributed by atoms with Gasteiger partial charge in [0.1, 0.15) is 17.5 Å². The van der Waals surface area contributed by atoms with E-state index in [1.807, 2.05) is 6.92 Å². The SMILES string of the molecule is Br.Cc1cc(NC(=O)[C@H]2CC[C@H](CN)CC2)n2ncc(C#N)c2n1.O.O. The van der Waals surface area contributed by atoms with Crippen LogP contribution in [0, 0.1) is 30.1 Å². The van der Waals surface area contributed by atoms with Crippen LogP contribution in [0.3, 0.4) is 0 Å². The van der Waals surface area contributed by atoms with Crippen molar-refractivity contribution < 1.29 is 15.7 Å². The van der Waals surface area contributed by atoms with Crippen LogP contribution in [-0.4, -0.2) is 38.0 Å². The number of rotatable bonds is 3. The van der Waals surface area contributed by atoms with Crippen molar-refractivity contribution in [3.8, 4) is 6.07 Å². The van der Waals surface area contributed by atoms with E-state index in [4.69, 9.17) is 11.0 Å². The number of fused-ring (bicyclic) bond motifs is 1. The Morgan fingerprint density at radius 3 is 2.62 bits per heavy atom. The predicted octanol–water partition coefficient (Wildman–Crippen LogP) is 0.541. The van der Waals surface area contributed by atoms with E-state index < -0.39 is 0 Å². The van der Waals surface area contributed by atoms with Crippen LogP contribution in [-0.2, 0) is 4.79 Å². The molecule has 1 amide bonds. The van der Waals surface area contributed by atoms with Gasteiger partial charge in [-0.2, -0.15) is 14.9 Å². The van der Waals surface area contributed by atoms with Gasteiger partial charge in [0.15, 0.2) is 5.65 Å². The molecule has 0 aromatic carbocycles. The van der Waals surface area contributed by atoms with E-state index in [1.54, 1.807) is 6.07 Å². The van der Waals surface area contributed by atoms with E-state index in [2.05, 4.69) is 21.5 Å². The fraction of sp³-hybridized carbons (Fsp3) is 0.500. The van der Waals surface area contributed by atoms with Crippen LogP contribution in [0.4, 0.5) is 5.82 Å². The second-order valence-corrected chi connectivity index (χ2v) is 6.13. The molecule has 10 heteroatoms. The molecule has 0 atom stereocenters. The Balaban J connectivity index is 0.00000208. The first-order chi connectivity index (χ1) is 11.1. The highest BCUT2D eigenvalue weighted by molar-refractivity contribution is 8.93. The molecule has 0 radical (unpaired) electrons. The van der Waals surface area contributed by atoms with E-state index in [0.29, 0.717) is 29.5 Å². The largest absolute Gasteiger partial charge is 0.412 e. The van der Waals surface area contributed by atoms with Crippen molar-refractivity contribution in [1.29, 1.82) is 5.26 Å². The maximum Gasteiger partial charge on any atom is 0.228 e. The fourth-order valence-electron chi connectivity index (χ4n) is 3.14. The average Bonchev–Trinajstić information content (AvgIpc) is 2.97. The molecular weight excluding hydrogens is 404 g/mol. The molecule has 3 rings (SSSR count). The molecule has 1 saturated carbocycles. The molecule has 0 saturated heterocycles. The van der Waals surface area contributed by atoms with Gasteiger partial charge in [0.2, 0.25) is 5.91 Å². The zero-order chi connectivity index (χ0) is 16.4. The van der Waals surface area contributed by atoms with E-state index in [0.717, 1.165) is 31.4 Å². The van der Waals surface area contributed by atoms with Crippen molar-refractivity contribution in [1.82, 2.24) is 14.6 Å². The standard InChI is InChI=1S/C16H20N6O.BrH.2H2O/c1-10-6-14(22-15(20-10)13(8-18)9-19-22)21-16(23)12-4-2-11(7-17)3-5-12;;;/h6,9,11-12H,2-5,7,17H2,1H3,(H,21,23);1H;2*1H2/t11-,12-;;;. The summed E-state index contributed by atoms with van der Waals surface area (Å²) in [5.41, 5.74) is 7.29. The van der Waals surface area contributed by atoms with Gasteiger partial charge in [-0.1, -0.05) is 0 Å². The molecule has 2 aromatic rings. The van der Waals surface area contributed by atoms with Crippen molar-refractivity contribution in [2.24, 2.45) is 17.6 Å². The summed E-state index contributed by atoms with van der Waals surface area (Å²) >= 11 is 0. The van der Waals surface area contributed by atoms with Crippen LogP contribution >= 0.6 is 17.0 Å². The van der Waals surface area contributed by atoms with Gasteiger partial charge in [0.25, 0.3) is 0 Å². The number of nitrogens with zero attached hydrogens (tertiary/aromatic N) is 4. The number of carbonyl (C=O) groups excluding carboxylic acids is 1. The molecule has 0 unspecified atom stereocenters. The van der Waals surface area contributed by atoms with Gasteiger partial charge >= 0.3 is 0 Å². The first-order valence-corrected chi connectivity index (χ1v) is 7.88. The van der Waals surface area contributed by atoms with E-state index in [9.17, 15) is 4.79 Å². The topological polar surface area (TPSA) is 172 Å². The summed E-state index contributed by atoms with van der Waals surface area (Å²) in [4.78, 5) is 16.8. The third-order valence-electron chi connectivity index (χ3n) is 4.52. The minimum absolute atomic E-state index is 0. The molecule has 0 aliphatic heterocycles. The van der Waals surface area contributed by atoms with Crippen LogP contribution in [0.2, 0.25) is 0 Å². The van der Waals surface area contributed by atoms with Crippen molar-refractivity contribution in [2.45, 2.75) is 32.6 Å². The fourth-order valence-corrected chi connectivity index (χ4v) is 3.14. The van der Waals surface area contributed by atoms with E-state index >= 15 is 0 Å². The zero-order valence-electron chi connectivity index (χ0n) is 14.5. The van der Waals surface area contributed by atoms with Crippen molar-refractivity contribution >= 4 is 34.4 Å². The molecule has 9 nitrogen and oxygen atoms in total. The Morgan fingerprint density at radius 2 is 2.04 bits per heavy atom. The number of anilines is 1. The minimum atomic E-state index is 0. The van der Waals surface area contributed by atoms with Gasteiger partial charge in [0, 0.05) is 17.7 Å². The molecule has 0 bridgehead atoms. The maximum atomic E-state index is 12.5. The van der Waals surface area contributed by atoms with Gasteiger partial charge in [-0.3, -0.25) is 4.79 Å². The van der Waals surface area contributed by atoms with Gasteiger partial charge < -0.3 is 22.0 Å². The van der Waals surface area contributed by atoms with E-state index in [1.165, 1.54) is 10.7 Å². The molecular formula is C16H25BrN6O3. The molecule has 144 valence electrons. The van der Waals surface area contributed by atoms with Crippen molar-refractivity contribution in [2.75, 3.05) is 11.9 Å². The summed E-state index contributed by atoms with van der Waals surface area (Å²) in [5.74, 6) is 1.10. The van der Waals surface area contributed by atoms with Gasteiger partial charge in [-0.05, 0) is 45.1 Å². The number of hydrogen-bond donors (Lipinski definition) is 2. The lowest BCUT2D eigenvalue weighted by molar-refractivity contribution is -0.121. The third-order valence-corrected chi connectivity index (χ3v) is 4.52. The molecule has 2 aromatic heterocycles. The van der Waals surface area contributed by atoms with E-state index in [-0.39, 0.29) is 39.8 Å². The average molecular weight is 429 g/mol. The Labute approximate surface area is 162 Å². The third kappa shape index (κ3) is 4.76. The number of nitriles is 1. The first kappa shape index (κ1) is 23.9. The molecule has 1 aliphatic carbocycles. The summed E-state index contributed by atoms with van der Waals surface area (Å²) in [7, 11) is 0. The molecule has 2 heterocycles. The summed E-state index contributed by atoms with van der Waals surface area (Å²) in [6, 6.07) is 3.83. The lowest BCUT2D eigenvalue weighted by Crippen LogP contribution is -2.30. The number of nitrogens with two attached hydrogens (primary N) is 1. The Bertz CT molecular complexity index is 780. The Hall–Kier alpha value is -2.06. The zero-order valence-corrected chi connectivity index (χ0v) is 16.2. The monoisotopic (exact) mass is 428 g/mol. The number of amides is 1. The van der Waals surface area contributed by atoms with Gasteiger partial charge in [-0.15, -0.1) is 17.0 Å². The van der Waals surface area contributed by atoms with Crippen molar-refractivity contribution in [3.63, 3.8) is 0 Å². The molecule has 26 heavy (non-hydrogen) atoms. The maximum absolute atomic E-state index is 12.5. The second kappa shape index (κ2) is 10.2. The number of carbonyl (C=O) groups is 1. The quantitative estimate of drug-likeness (QED) is 0.723. The molecule has 1 aliphatic rings. The molecule has 0 spiro atoms. The second-order valence-electron chi connectivity index (χ2n) is 6.13. The summed E-state index contributed by atoms with van der Waals surface area (Å²) in [6.45, 7) is 2.53. The lowest BCUT2D eigenvalue weighted by Gasteiger charge is -2.26. The minimum Gasteiger partial charge on any atom is -0.412 e. The van der Waals surface area contributed by atoms with Crippen LogP contribution in [0.25, 0.3) is 5.65 Å². The van der Waals surface area contributed by atoms with Crippen LogP contribution < -0.4 is 11.1 Å². The number of halogens is 1.